The number of nitrogens with zero attached hydrogens (tertiary/aromatic N) is 2. The summed E-state index contributed by atoms with van der Waals surface area (Å²) < 4.78 is 5.39. The highest BCUT2D eigenvalue weighted by atomic mass is 35.5. The summed E-state index contributed by atoms with van der Waals surface area (Å²) in [5.74, 6) is 0. The third-order valence-corrected chi connectivity index (χ3v) is 4.06. The van der Waals surface area contributed by atoms with Crippen LogP contribution in [-0.2, 0) is 11.2 Å². The lowest BCUT2D eigenvalue weighted by Gasteiger charge is -2.36. The minimum atomic E-state index is 0. The van der Waals surface area contributed by atoms with Crippen molar-refractivity contribution in [3.8, 4) is 0 Å². The number of morpholine rings is 1. The summed E-state index contributed by atoms with van der Waals surface area (Å²) in [6, 6.07) is 8.92. The molecule has 1 aromatic carbocycles. The molecule has 0 amide bonds. The Morgan fingerprint density at radius 1 is 1.15 bits per heavy atom. The number of para-hydroxylation sites is 1. The van der Waals surface area contributed by atoms with Crippen LogP contribution in [-0.4, -0.2) is 56.9 Å². The number of halogens is 1. The number of hydrogen-bond acceptors (Lipinski definition) is 4. The number of hydrogen-bond donors (Lipinski definition) is 1. The fourth-order valence-electron chi connectivity index (χ4n) is 3.02. The zero-order chi connectivity index (χ0) is 13.1. The van der Waals surface area contributed by atoms with E-state index in [0.29, 0.717) is 0 Å². The molecule has 112 valence electrons. The average molecular weight is 298 g/mol. The van der Waals surface area contributed by atoms with Crippen LogP contribution in [0.1, 0.15) is 5.56 Å². The second-order valence-electron chi connectivity index (χ2n) is 5.49. The highest BCUT2D eigenvalue weighted by molar-refractivity contribution is 5.85. The molecular weight excluding hydrogens is 274 g/mol. The monoisotopic (exact) mass is 297 g/mol. The summed E-state index contributed by atoms with van der Waals surface area (Å²) in [6.45, 7) is 6.99. The lowest BCUT2D eigenvalue weighted by atomic mass is 9.98. The van der Waals surface area contributed by atoms with Crippen molar-refractivity contribution < 1.29 is 4.74 Å². The lowest BCUT2D eigenvalue weighted by molar-refractivity contribution is 0.0391. The number of ether oxygens (including phenoxy) is 1. The van der Waals surface area contributed by atoms with Crippen LogP contribution in [0.4, 0.5) is 5.69 Å². The Kier molecular flexibility index (Phi) is 5.66. The van der Waals surface area contributed by atoms with Gasteiger partial charge in [0.2, 0.25) is 0 Å². The van der Waals surface area contributed by atoms with E-state index in [1.807, 2.05) is 0 Å². The number of nitrogens with two attached hydrogens (primary N) is 1. The molecule has 5 heteroatoms. The van der Waals surface area contributed by atoms with E-state index in [0.717, 1.165) is 52.4 Å². The number of benzene rings is 1. The number of rotatable bonds is 3. The Hall–Kier alpha value is -0.810. The molecule has 1 unspecified atom stereocenters. The van der Waals surface area contributed by atoms with Gasteiger partial charge in [-0.25, -0.2) is 0 Å². The molecule has 0 saturated carbocycles. The summed E-state index contributed by atoms with van der Waals surface area (Å²) in [7, 11) is 0. The van der Waals surface area contributed by atoms with Crippen LogP contribution in [0, 0.1) is 0 Å². The molecule has 20 heavy (non-hydrogen) atoms. The van der Waals surface area contributed by atoms with Gasteiger partial charge in [-0.05, 0) is 18.1 Å². The van der Waals surface area contributed by atoms with Crippen LogP contribution in [0.2, 0.25) is 0 Å². The third kappa shape index (κ3) is 3.64. The second kappa shape index (κ2) is 7.27. The van der Waals surface area contributed by atoms with Crippen molar-refractivity contribution >= 4 is 18.1 Å². The molecule has 1 fully saturated rings. The predicted octanol–water partition coefficient (Wildman–Crippen LogP) is 1.13. The minimum Gasteiger partial charge on any atom is -0.379 e. The summed E-state index contributed by atoms with van der Waals surface area (Å²) in [4.78, 5) is 4.92. The molecule has 2 heterocycles. The van der Waals surface area contributed by atoms with Gasteiger partial charge in [-0.1, -0.05) is 18.2 Å². The first-order chi connectivity index (χ1) is 9.33. The molecular formula is C15H24ClN3O. The largest absolute Gasteiger partial charge is 0.379 e. The van der Waals surface area contributed by atoms with E-state index in [1.54, 1.807) is 0 Å². The Labute approximate surface area is 127 Å². The first kappa shape index (κ1) is 15.6. The van der Waals surface area contributed by atoms with Crippen molar-refractivity contribution in [2.75, 3.05) is 50.8 Å². The van der Waals surface area contributed by atoms with Gasteiger partial charge in [0.1, 0.15) is 0 Å². The maximum absolute atomic E-state index is 6.17. The molecule has 0 aliphatic carbocycles. The molecule has 0 radical (unpaired) electrons. The molecule has 1 aromatic rings. The quantitative estimate of drug-likeness (QED) is 0.908. The zero-order valence-electron chi connectivity index (χ0n) is 11.8. The van der Waals surface area contributed by atoms with Gasteiger partial charge < -0.3 is 15.4 Å². The Morgan fingerprint density at radius 2 is 1.90 bits per heavy atom. The Morgan fingerprint density at radius 3 is 2.70 bits per heavy atom. The first-order valence-electron chi connectivity index (χ1n) is 7.21. The highest BCUT2D eigenvalue weighted by Crippen LogP contribution is 2.25. The predicted molar refractivity (Wildman–Crippen MR) is 84.8 cm³/mol. The van der Waals surface area contributed by atoms with E-state index in [9.17, 15) is 0 Å². The van der Waals surface area contributed by atoms with E-state index in [1.165, 1.54) is 11.3 Å². The first-order valence-corrected chi connectivity index (χ1v) is 7.21. The third-order valence-electron chi connectivity index (χ3n) is 4.06. The van der Waals surface area contributed by atoms with E-state index < -0.39 is 0 Å². The van der Waals surface area contributed by atoms with Gasteiger partial charge in [-0.2, -0.15) is 0 Å². The fourth-order valence-corrected chi connectivity index (χ4v) is 3.02. The van der Waals surface area contributed by atoms with Gasteiger partial charge >= 0.3 is 0 Å². The van der Waals surface area contributed by atoms with E-state index in [4.69, 9.17) is 10.5 Å². The molecule has 1 saturated heterocycles. The van der Waals surface area contributed by atoms with Crippen LogP contribution < -0.4 is 10.6 Å². The average Bonchev–Trinajstić information content (AvgIpc) is 2.45. The van der Waals surface area contributed by atoms with Gasteiger partial charge in [0, 0.05) is 44.5 Å². The minimum absolute atomic E-state index is 0. The number of anilines is 1. The van der Waals surface area contributed by atoms with Crippen molar-refractivity contribution in [1.29, 1.82) is 0 Å². The van der Waals surface area contributed by atoms with Crippen LogP contribution in [0.15, 0.2) is 24.3 Å². The smallest absolute Gasteiger partial charge is 0.0594 e. The van der Waals surface area contributed by atoms with Crippen LogP contribution in [0.3, 0.4) is 0 Å². The van der Waals surface area contributed by atoms with Crippen molar-refractivity contribution in [2.24, 2.45) is 5.73 Å². The van der Waals surface area contributed by atoms with Crippen molar-refractivity contribution in [2.45, 2.75) is 12.5 Å². The highest BCUT2D eigenvalue weighted by Gasteiger charge is 2.22. The second-order valence-corrected chi connectivity index (χ2v) is 5.49. The SMILES string of the molecule is Cl.NC1Cc2ccccc2N(CCN2CCOCC2)C1. The van der Waals surface area contributed by atoms with Crippen LogP contribution >= 0.6 is 12.4 Å². The summed E-state index contributed by atoms with van der Waals surface area (Å²) in [5, 5.41) is 0. The lowest BCUT2D eigenvalue weighted by Crippen LogP contribution is -2.47. The summed E-state index contributed by atoms with van der Waals surface area (Å²) in [5.41, 5.74) is 8.94. The Bertz CT molecular complexity index is 423. The molecule has 0 spiro atoms. The zero-order valence-corrected chi connectivity index (χ0v) is 12.6. The maximum atomic E-state index is 6.17. The Balaban J connectivity index is 0.00000147. The molecule has 0 aromatic heterocycles. The van der Waals surface area contributed by atoms with Gasteiger partial charge in [0.15, 0.2) is 0 Å². The van der Waals surface area contributed by atoms with Gasteiger partial charge in [0.25, 0.3) is 0 Å². The molecule has 3 rings (SSSR count). The van der Waals surface area contributed by atoms with E-state index in [-0.39, 0.29) is 18.4 Å². The van der Waals surface area contributed by atoms with E-state index >= 15 is 0 Å². The molecule has 2 N–H and O–H groups in total. The van der Waals surface area contributed by atoms with Crippen molar-refractivity contribution in [1.82, 2.24) is 4.90 Å². The molecule has 2 aliphatic heterocycles. The fraction of sp³-hybridized carbons (Fsp3) is 0.600. The van der Waals surface area contributed by atoms with E-state index in [2.05, 4.69) is 34.1 Å². The van der Waals surface area contributed by atoms with Crippen molar-refractivity contribution in [3.63, 3.8) is 0 Å². The summed E-state index contributed by atoms with van der Waals surface area (Å²) in [6.07, 6.45) is 1.00. The van der Waals surface area contributed by atoms with Gasteiger partial charge in [-0.3, -0.25) is 4.90 Å². The standard InChI is InChI=1S/C15H23N3O.ClH/c16-14-11-13-3-1-2-4-15(13)18(12-14)6-5-17-7-9-19-10-8-17;/h1-4,14H,5-12,16H2;1H. The molecule has 1 atom stereocenters. The van der Waals surface area contributed by atoms with Crippen LogP contribution in [0.5, 0.6) is 0 Å². The number of fused-ring (bicyclic) bond motifs is 1. The summed E-state index contributed by atoms with van der Waals surface area (Å²) >= 11 is 0. The van der Waals surface area contributed by atoms with Gasteiger partial charge in [-0.15, -0.1) is 12.4 Å². The van der Waals surface area contributed by atoms with Crippen molar-refractivity contribution in [3.05, 3.63) is 29.8 Å². The maximum Gasteiger partial charge on any atom is 0.0594 e. The van der Waals surface area contributed by atoms with Crippen LogP contribution in [0.25, 0.3) is 0 Å². The normalized spacial score (nSPS) is 23.1. The molecule has 4 nitrogen and oxygen atoms in total. The topological polar surface area (TPSA) is 41.7 Å². The van der Waals surface area contributed by atoms with Gasteiger partial charge in [0.05, 0.1) is 13.2 Å². The molecule has 0 bridgehead atoms. The molecule has 2 aliphatic rings.